The Morgan fingerprint density at radius 1 is 1.56 bits per heavy atom. The van der Waals surface area contributed by atoms with Crippen LogP contribution in [0.5, 0.6) is 0 Å². The molecule has 1 aromatic rings. The molecule has 0 aromatic carbocycles. The number of nitrogens with zero attached hydrogens (tertiary/aromatic N) is 2. The number of hydrogen-bond acceptors (Lipinski definition) is 3. The van der Waals surface area contributed by atoms with E-state index in [4.69, 9.17) is 5.73 Å². The molecule has 1 saturated heterocycles. The summed E-state index contributed by atoms with van der Waals surface area (Å²) in [6.45, 7) is 5.03. The van der Waals surface area contributed by atoms with E-state index in [1.165, 1.54) is 0 Å². The molecule has 2 rings (SSSR count). The van der Waals surface area contributed by atoms with Crippen molar-refractivity contribution in [1.29, 1.82) is 0 Å². The van der Waals surface area contributed by atoms with E-state index in [2.05, 4.69) is 18.8 Å². The quantitative estimate of drug-likeness (QED) is 0.779. The number of likely N-dealkylation sites (tertiary alicyclic amines) is 1. The highest BCUT2D eigenvalue weighted by Gasteiger charge is 2.31. The van der Waals surface area contributed by atoms with E-state index in [0.29, 0.717) is 17.3 Å². The van der Waals surface area contributed by atoms with Gasteiger partial charge in [-0.15, -0.1) is 0 Å². The minimum absolute atomic E-state index is 0.0463. The third-order valence-corrected chi connectivity index (χ3v) is 3.09. The summed E-state index contributed by atoms with van der Waals surface area (Å²) in [5, 5.41) is 0. The third-order valence-electron chi connectivity index (χ3n) is 3.09. The Hall–Kier alpha value is -1.58. The van der Waals surface area contributed by atoms with Gasteiger partial charge < -0.3 is 10.6 Å². The van der Waals surface area contributed by atoms with Crippen LogP contribution in [0.15, 0.2) is 18.3 Å². The molecule has 0 radical (unpaired) electrons. The minimum Gasteiger partial charge on any atom is -0.397 e. The molecule has 2 unspecified atom stereocenters. The lowest BCUT2D eigenvalue weighted by Crippen LogP contribution is -2.34. The Balaban J connectivity index is 2.23. The van der Waals surface area contributed by atoms with Crippen molar-refractivity contribution in [2.45, 2.75) is 26.3 Å². The fraction of sp³-hybridized carbons (Fsp3) is 0.500. The van der Waals surface area contributed by atoms with Crippen molar-refractivity contribution in [1.82, 2.24) is 9.88 Å². The van der Waals surface area contributed by atoms with Crippen LogP contribution in [-0.4, -0.2) is 28.4 Å². The van der Waals surface area contributed by atoms with Crippen molar-refractivity contribution < 1.29 is 4.79 Å². The highest BCUT2D eigenvalue weighted by Crippen LogP contribution is 2.24. The molecule has 1 aromatic heterocycles. The van der Waals surface area contributed by atoms with E-state index in [1.807, 2.05) is 4.90 Å². The Bertz CT molecular complexity index is 405. The van der Waals surface area contributed by atoms with Crippen molar-refractivity contribution in [3.8, 4) is 0 Å². The predicted octanol–water partition coefficient (Wildman–Crippen LogP) is 1.53. The summed E-state index contributed by atoms with van der Waals surface area (Å²) < 4.78 is 0. The normalized spacial score (nSPS) is 24.8. The molecule has 86 valence electrons. The van der Waals surface area contributed by atoms with E-state index >= 15 is 0 Å². The molecule has 1 fully saturated rings. The maximum atomic E-state index is 12.2. The van der Waals surface area contributed by atoms with Crippen LogP contribution in [0.1, 0.15) is 30.8 Å². The zero-order valence-corrected chi connectivity index (χ0v) is 9.68. The fourth-order valence-electron chi connectivity index (χ4n) is 2.32. The molecule has 0 bridgehead atoms. The van der Waals surface area contributed by atoms with Gasteiger partial charge in [0.05, 0.1) is 5.69 Å². The first-order chi connectivity index (χ1) is 7.59. The van der Waals surface area contributed by atoms with Crippen LogP contribution in [0.2, 0.25) is 0 Å². The van der Waals surface area contributed by atoms with Crippen molar-refractivity contribution in [3.63, 3.8) is 0 Å². The second-order valence-electron chi connectivity index (χ2n) is 4.59. The van der Waals surface area contributed by atoms with Crippen LogP contribution in [0.4, 0.5) is 5.69 Å². The van der Waals surface area contributed by atoms with Crippen LogP contribution >= 0.6 is 0 Å². The van der Waals surface area contributed by atoms with Crippen molar-refractivity contribution in [2.75, 3.05) is 12.3 Å². The summed E-state index contributed by atoms with van der Waals surface area (Å²) in [5.41, 5.74) is 6.60. The van der Waals surface area contributed by atoms with Crippen LogP contribution in [0.3, 0.4) is 0 Å². The van der Waals surface area contributed by atoms with E-state index < -0.39 is 0 Å². The van der Waals surface area contributed by atoms with Gasteiger partial charge in [-0.3, -0.25) is 4.79 Å². The fourth-order valence-corrected chi connectivity index (χ4v) is 2.32. The van der Waals surface area contributed by atoms with Crippen LogP contribution in [0, 0.1) is 5.92 Å². The van der Waals surface area contributed by atoms with Gasteiger partial charge in [-0.05, 0) is 31.4 Å². The lowest BCUT2D eigenvalue weighted by atomic mass is 10.1. The molecule has 2 heterocycles. The second-order valence-corrected chi connectivity index (χ2v) is 4.59. The predicted molar refractivity (Wildman–Crippen MR) is 62.9 cm³/mol. The lowest BCUT2D eigenvalue weighted by Gasteiger charge is -2.21. The van der Waals surface area contributed by atoms with Gasteiger partial charge in [0.1, 0.15) is 0 Å². The van der Waals surface area contributed by atoms with E-state index in [9.17, 15) is 4.79 Å². The molecule has 0 spiro atoms. The van der Waals surface area contributed by atoms with Crippen molar-refractivity contribution >= 4 is 11.6 Å². The first kappa shape index (κ1) is 10.9. The summed E-state index contributed by atoms with van der Waals surface area (Å²) >= 11 is 0. The molecule has 1 amide bonds. The van der Waals surface area contributed by atoms with Crippen LogP contribution in [0.25, 0.3) is 0 Å². The lowest BCUT2D eigenvalue weighted by molar-refractivity contribution is 0.0739. The molecule has 4 nitrogen and oxygen atoms in total. The Morgan fingerprint density at radius 2 is 2.31 bits per heavy atom. The topological polar surface area (TPSA) is 59.2 Å². The first-order valence-corrected chi connectivity index (χ1v) is 5.61. The molecule has 1 aliphatic rings. The van der Waals surface area contributed by atoms with Gasteiger partial charge in [0.25, 0.3) is 5.91 Å². The third kappa shape index (κ3) is 1.87. The van der Waals surface area contributed by atoms with Crippen LogP contribution < -0.4 is 5.73 Å². The van der Waals surface area contributed by atoms with Gasteiger partial charge >= 0.3 is 0 Å². The largest absolute Gasteiger partial charge is 0.397 e. The number of aromatic nitrogens is 1. The number of amides is 1. The number of nitrogen functional groups attached to an aromatic ring is 1. The van der Waals surface area contributed by atoms with Gasteiger partial charge in [-0.2, -0.15) is 0 Å². The Labute approximate surface area is 95.5 Å². The Morgan fingerprint density at radius 3 is 2.88 bits per heavy atom. The number of hydrogen-bond donors (Lipinski definition) is 1. The van der Waals surface area contributed by atoms with Gasteiger partial charge in [-0.25, -0.2) is 4.98 Å². The monoisotopic (exact) mass is 219 g/mol. The molecule has 1 aliphatic heterocycles. The number of carbonyl (C=O) groups is 1. The van der Waals surface area contributed by atoms with E-state index in [1.54, 1.807) is 18.3 Å². The van der Waals surface area contributed by atoms with E-state index in [0.717, 1.165) is 13.0 Å². The first-order valence-electron chi connectivity index (χ1n) is 5.61. The standard InChI is InChI=1S/C12H17N3O/c1-8-6-9(2)15(7-8)12(16)11-10(13)4-3-5-14-11/h3-5,8-9H,6-7,13H2,1-2H3. The molecule has 4 heteroatoms. The highest BCUT2D eigenvalue weighted by atomic mass is 16.2. The molecule has 16 heavy (non-hydrogen) atoms. The molecular formula is C12H17N3O. The summed E-state index contributed by atoms with van der Waals surface area (Å²) in [7, 11) is 0. The van der Waals surface area contributed by atoms with Crippen molar-refractivity contribution in [2.24, 2.45) is 5.92 Å². The maximum absolute atomic E-state index is 12.2. The zero-order valence-electron chi connectivity index (χ0n) is 9.68. The molecular weight excluding hydrogens is 202 g/mol. The van der Waals surface area contributed by atoms with Crippen molar-refractivity contribution in [3.05, 3.63) is 24.0 Å². The van der Waals surface area contributed by atoms with Gasteiger partial charge in [0, 0.05) is 18.8 Å². The zero-order chi connectivity index (χ0) is 11.7. The summed E-state index contributed by atoms with van der Waals surface area (Å²) in [4.78, 5) is 18.1. The summed E-state index contributed by atoms with van der Waals surface area (Å²) in [6.07, 6.45) is 2.66. The Kier molecular flexibility index (Phi) is 2.81. The number of anilines is 1. The molecule has 0 saturated carbocycles. The number of carbonyl (C=O) groups excluding carboxylic acids is 1. The average Bonchev–Trinajstić information content (AvgIpc) is 2.58. The molecule has 2 N–H and O–H groups in total. The maximum Gasteiger partial charge on any atom is 0.274 e. The van der Waals surface area contributed by atoms with Gasteiger partial charge in [0.15, 0.2) is 5.69 Å². The number of nitrogens with two attached hydrogens (primary N) is 1. The minimum atomic E-state index is -0.0463. The smallest absolute Gasteiger partial charge is 0.274 e. The molecule has 2 atom stereocenters. The summed E-state index contributed by atoms with van der Waals surface area (Å²) in [6, 6.07) is 3.73. The number of rotatable bonds is 1. The second kappa shape index (κ2) is 4.12. The highest BCUT2D eigenvalue weighted by molar-refractivity contribution is 5.97. The SMILES string of the molecule is CC1CC(C)N(C(=O)c2ncccc2N)C1. The summed E-state index contributed by atoms with van der Waals surface area (Å²) in [5.74, 6) is 0.513. The number of pyridine rings is 1. The van der Waals surface area contributed by atoms with Crippen LogP contribution in [-0.2, 0) is 0 Å². The molecule has 0 aliphatic carbocycles. The average molecular weight is 219 g/mol. The van der Waals surface area contributed by atoms with E-state index in [-0.39, 0.29) is 11.9 Å². The van der Waals surface area contributed by atoms with Gasteiger partial charge in [-0.1, -0.05) is 6.92 Å². The van der Waals surface area contributed by atoms with Gasteiger partial charge in [0.2, 0.25) is 0 Å².